The van der Waals surface area contributed by atoms with Crippen molar-refractivity contribution in [1.82, 2.24) is 15.6 Å². The minimum Gasteiger partial charge on any atom is -0.356 e. The van der Waals surface area contributed by atoms with Crippen LogP contribution in [0, 0.1) is 0 Å². The standard InChI is InChI=1S/C18H21F3N4S/c1-22-16(23-10-15-25-14(11-26-15)18(19,20)21)24-12-17(8-5-9-17)13-6-3-2-4-7-13/h2-4,6-7,11H,5,8-10,12H2,1H3,(H2,22,23,24). The van der Waals surface area contributed by atoms with Crippen LogP contribution in [0.15, 0.2) is 40.7 Å². The number of thiazole rings is 1. The van der Waals surface area contributed by atoms with Gasteiger partial charge in [0.2, 0.25) is 0 Å². The number of aromatic nitrogens is 1. The van der Waals surface area contributed by atoms with Gasteiger partial charge in [-0.05, 0) is 18.4 Å². The number of aliphatic imine (C=N–C) groups is 1. The average Bonchev–Trinajstić information content (AvgIpc) is 3.07. The van der Waals surface area contributed by atoms with Crippen molar-refractivity contribution in [2.24, 2.45) is 4.99 Å². The monoisotopic (exact) mass is 382 g/mol. The molecule has 1 fully saturated rings. The first-order valence-corrected chi connectivity index (χ1v) is 9.33. The van der Waals surface area contributed by atoms with Crippen molar-refractivity contribution in [1.29, 1.82) is 0 Å². The van der Waals surface area contributed by atoms with Crippen LogP contribution in [0.1, 0.15) is 35.5 Å². The second kappa shape index (κ2) is 7.65. The van der Waals surface area contributed by atoms with E-state index in [1.165, 1.54) is 12.0 Å². The van der Waals surface area contributed by atoms with Gasteiger partial charge in [-0.25, -0.2) is 4.98 Å². The van der Waals surface area contributed by atoms with E-state index in [4.69, 9.17) is 0 Å². The fraction of sp³-hybridized carbons (Fsp3) is 0.444. The smallest absolute Gasteiger partial charge is 0.356 e. The number of alkyl halides is 3. The van der Waals surface area contributed by atoms with E-state index in [1.54, 1.807) is 7.05 Å². The van der Waals surface area contributed by atoms with E-state index in [0.29, 0.717) is 11.0 Å². The highest BCUT2D eigenvalue weighted by Crippen LogP contribution is 2.43. The molecule has 2 aromatic rings. The molecule has 1 aliphatic rings. The zero-order chi connectivity index (χ0) is 18.6. The summed E-state index contributed by atoms with van der Waals surface area (Å²) in [6.45, 7) is 0.946. The lowest BCUT2D eigenvalue weighted by molar-refractivity contribution is -0.140. The highest BCUT2D eigenvalue weighted by atomic mass is 32.1. The molecule has 1 aromatic carbocycles. The van der Waals surface area contributed by atoms with E-state index in [0.717, 1.165) is 36.1 Å². The molecule has 0 radical (unpaired) electrons. The highest BCUT2D eigenvalue weighted by molar-refractivity contribution is 7.09. The molecule has 1 saturated carbocycles. The van der Waals surface area contributed by atoms with Crippen LogP contribution in [0.3, 0.4) is 0 Å². The van der Waals surface area contributed by atoms with Crippen molar-refractivity contribution in [2.45, 2.75) is 37.4 Å². The van der Waals surface area contributed by atoms with Crippen molar-refractivity contribution >= 4 is 17.3 Å². The molecule has 3 rings (SSSR count). The Kier molecular flexibility index (Phi) is 5.50. The Balaban J connectivity index is 1.56. The second-order valence-corrected chi connectivity index (χ2v) is 7.35. The van der Waals surface area contributed by atoms with E-state index in [2.05, 4.69) is 32.7 Å². The second-order valence-electron chi connectivity index (χ2n) is 6.40. The number of rotatable bonds is 5. The number of halogens is 3. The first-order chi connectivity index (χ1) is 12.4. The highest BCUT2D eigenvalue weighted by Gasteiger charge is 2.38. The Bertz CT molecular complexity index is 751. The minimum atomic E-state index is -4.40. The molecule has 1 heterocycles. The molecule has 1 aliphatic carbocycles. The summed E-state index contributed by atoms with van der Waals surface area (Å²) >= 11 is 0.989. The van der Waals surface area contributed by atoms with Gasteiger partial charge in [-0.1, -0.05) is 36.8 Å². The molecule has 0 bridgehead atoms. The number of hydrogen-bond acceptors (Lipinski definition) is 3. The zero-order valence-corrected chi connectivity index (χ0v) is 15.3. The van der Waals surface area contributed by atoms with Crippen LogP contribution in [-0.2, 0) is 18.1 Å². The summed E-state index contributed by atoms with van der Waals surface area (Å²) < 4.78 is 37.8. The topological polar surface area (TPSA) is 49.3 Å². The Labute approximate surface area is 154 Å². The molecule has 140 valence electrons. The van der Waals surface area contributed by atoms with E-state index >= 15 is 0 Å². The Morgan fingerprint density at radius 2 is 1.96 bits per heavy atom. The predicted octanol–water partition coefficient (Wildman–Crippen LogP) is 3.95. The molecule has 0 amide bonds. The van der Waals surface area contributed by atoms with Gasteiger partial charge in [-0.3, -0.25) is 4.99 Å². The van der Waals surface area contributed by atoms with Gasteiger partial charge in [0.1, 0.15) is 5.01 Å². The molecule has 0 unspecified atom stereocenters. The molecule has 1 aromatic heterocycles. The molecule has 26 heavy (non-hydrogen) atoms. The molecule has 0 atom stereocenters. The molecular formula is C18H21F3N4S. The zero-order valence-electron chi connectivity index (χ0n) is 14.4. The normalized spacial score (nSPS) is 16.8. The summed E-state index contributed by atoms with van der Waals surface area (Å²) in [6, 6.07) is 10.4. The molecule has 0 saturated heterocycles. The van der Waals surface area contributed by atoms with Crippen LogP contribution in [0.2, 0.25) is 0 Å². The van der Waals surface area contributed by atoms with Crippen molar-refractivity contribution in [3.8, 4) is 0 Å². The quantitative estimate of drug-likeness (QED) is 0.608. The lowest BCUT2D eigenvalue weighted by atomic mass is 9.64. The van der Waals surface area contributed by atoms with Crippen LogP contribution >= 0.6 is 11.3 Å². The lowest BCUT2D eigenvalue weighted by Crippen LogP contribution is -2.48. The largest absolute Gasteiger partial charge is 0.434 e. The molecular weight excluding hydrogens is 361 g/mol. The number of hydrogen-bond donors (Lipinski definition) is 2. The third-order valence-electron chi connectivity index (χ3n) is 4.76. The van der Waals surface area contributed by atoms with Crippen molar-refractivity contribution < 1.29 is 13.2 Å². The maximum atomic E-state index is 12.6. The van der Waals surface area contributed by atoms with E-state index in [-0.39, 0.29) is 12.0 Å². The summed E-state index contributed by atoms with van der Waals surface area (Å²) in [6.07, 6.45) is -0.978. The van der Waals surface area contributed by atoms with Crippen LogP contribution < -0.4 is 10.6 Å². The van der Waals surface area contributed by atoms with Crippen LogP contribution in [0.25, 0.3) is 0 Å². The molecule has 0 aliphatic heterocycles. The van der Waals surface area contributed by atoms with E-state index < -0.39 is 11.9 Å². The fourth-order valence-corrected chi connectivity index (χ4v) is 3.86. The third-order valence-corrected chi connectivity index (χ3v) is 5.61. The Morgan fingerprint density at radius 3 is 2.50 bits per heavy atom. The SMILES string of the molecule is CN=C(NCc1nc(C(F)(F)F)cs1)NCC1(c2ccccc2)CCC1. The minimum absolute atomic E-state index is 0.101. The summed E-state index contributed by atoms with van der Waals surface area (Å²) in [5.74, 6) is 0.566. The molecule has 2 N–H and O–H groups in total. The maximum Gasteiger partial charge on any atom is 0.434 e. The van der Waals surface area contributed by atoms with Crippen molar-refractivity contribution in [3.63, 3.8) is 0 Å². The van der Waals surface area contributed by atoms with Crippen molar-refractivity contribution in [2.75, 3.05) is 13.6 Å². The van der Waals surface area contributed by atoms with Gasteiger partial charge in [0.15, 0.2) is 11.7 Å². The molecule has 8 heteroatoms. The van der Waals surface area contributed by atoms with Crippen LogP contribution in [-0.4, -0.2) is 24.5 Å². The number of nitrogens with one attached hydrogen (secondary N) is 2. The van der Waals surface area contributed by atoms with E-state index in [1.807, 2.05) is 18.2 Å². The maximum absolute atomic E-state index is 12.6. The van der Waals surface area contributed by atoms with E-state index in [9.17, 15) is 13.2 Å². The Morgan fingerprint density at radius 1 is 1.23 bits per heavy atom. The van der Waals surface area contributed by atoms with Gasteiger partial charge in [0.05, 0.1) is 6.54 Å². The van der Waals surface area contributed by atoms with Gasteiger partial charge < -0.3 is 10.6 Å². The first-order valence-electron chi connectivity index (χ1n) is 8.45. The number of guanidine groups is 1. The van der Waals surface area contributed by atoms with Gasteiger partial charge in [-0.15, -0.1) is 11.3 Å². The lowest BCUT2D eigenvalue weighted by Gasteiger charge is -2.43. The summed E-state index contributed by atoms with van der Waals surface area (Å²) in [5, 5.41) is 7.76. The van der Waals surface area contributed by atoms with Crippen molar-refractivity contribution in [3.05, 3.63) is 52.0 Å². The van der Waals surface area contributed by atoms with Gasteiger partial charge >= 0.3 is 6.18 Å². The third kappa shape index (κ3) is 4.17. The number of benzene rings is 1. The Hall–Kier alpha value is -2.09. The van der Waals surface area contributed by atoms with Crippen LogP contribution in [0.5, 0.6) is 0 Å². The summed E-state index contributed by atoms with van der Waals surface area (Å²) in [7, 11) is 1.65. The fourth-order valence-electron chi connectivity index (χ4n) is 3.12. The van der Waals surface area contributed by atoms with Gasteiger partial charge in [-0.2, -0.15) is 13.2 Å². The number of nitrogens with zero attached hydrogens (tertiary/aromatic N) is 2. The first kappa shape index (κ1) is 18.7. The average molecular weight is 382 g/mol. The molecule has 4 nitrogen and oxygen atoms in total. The summed E-state index contributed by atoms with van der Waals surface area (Å²) in [5.41, 5.74) is 0.562. The van der Waals surface area contributed by atoms with Gasteiger partial charge in [0.25, 0.3) is 0 Å². The van der Waals surface area contributed by atoms with Crippen LogP contribution in [0.4, 0.5) is 13.2 Å². The summed E-state index contributed by atoms with van der Waals surface area (Å²) in [4.78, 5) is 7.78. The molecule has 0 spiro atoms. The van der Waals surface area contributed by atoms with Gasteiger partial charge in [0, 0.05) is 24.4 Å². The predicted molar refractivity (Wildman–Crippen MR) is 97.3 cm³/mol.